The van der Waals surface area contributed by atoms with Gasteiger partial charge in [-0.15, -0.1) is 0 Å². The van der Waals surface area contributed by atoms with Crippen LogP contribution in [0.3, 0.4) is 0 Å². The highest BCUT2D eigenvalue weighted by atomic mass is 79.9. The molecule has 0 unspecified atom stereocenters. The first-order valence-corrected chi connectivity index (χ1v) is 7.70. The lowest BCUT2D eigenvalue weighted by Crippen LogP contribution is -2.35. The Bertz CT molecular complexity index is 486. The van der Waals surface area contributed by atoms with E-state index in [4.69, 9.17) is 0 Å². The van der Waals surface area contributed by atoms with Gasteiger partial charge in [0.2, 0.25) is 5.91 Å². The van der Waals surface area contributed by atoms with Crippen LogP contribution in [0.15, 0.2) is 22.7 Å². The highest BCUT2D eigenvalue weighted by Gasteiger charge is 2.21. The Morgan fingerprint density at radius 3 is 2.65 bits per heavy atom. The standard InChI is InChI=1S/C15H22BrN3O/c1-18(2)15(20)10-19(3)14-8-12(16)5-4-11(14)9-17-13-6-7-13/h4-5,8,13,17H,6-7,9-10H2,1-3H3. The van der Waals surface area contributed by atoms with E-state index in [-0.39, 0.29) is 5.91 Å². The van der Waals surface area contributed by atoms with E-state index in [1.165, 1.54) is 18.4 Å². The summed E-state index contributed by atoms with van der Waals surface area (Å²) >= 11 is 3.51. The molecule has 1 aliphatic rings. The molecule has 1 aliphatic carbocycles. The summed E-state index contributed by atoms with van der Waals surface area (Å²) in [6.45, 7) is 1.24. The van der Waals surface area contributed by atoms with E-state index in [1.807, 2.05) is 11.9 Å². The third kappa shape index (κ3) is 4.21. The molecule has 5 heteroatoms. The maximum atomic E-state index is 11.9. The molecule has 0 spiro atoms. The monoisotopic (exact) mass is 339 g/mol. The Balaban J connectivity index is 2.10. The van der Waals surface area contributed by atoms with Gasteiger partial charge in [0.15, 0.2) is 0 Å². The van der Waals surface area contributed by atoms with E-state index < -0.39 is 0 Å². The van der Waals surface area contributed by atoms with Crippen LogP contribution in [0.2, 0.25) is 0 Å². The lowest BCUT2D eigenvalue weighted by Gasteiger charge is -2.24. The minimum Gasteiger partial charge on any atom is -0.365 e. The van der Waals surface area contributed by atoms with Crippen molar-refractivity contribution in [1.82, 2.24) is 10.2 Å². The largest absolute Gasteiger partial charge is 0.365 e. The molecule has 1 N–H and O–H groups in total. The van der Waals surface area contributed by atoms with Crippen molar-refractivity contribution < 1.29 is 4.79 Å². The van der Waals surface area contributed by atoms with Crippen LogP contribution < -0.4 is 10.2 Å². The molecule has 1 fully saturated rings. The first-order chi connectivity index (χ1) is 9.47. The van der Waals surface area contributed by atoms with Gasteiger partial charge >= 0.3 is 0 Å². The Kier molecular flexibility index (Phi) is 5.05. The normalized spacial score (nSPS) is 14.2. The molecule has 0 atom stereocenters. The van der Waals surface area contributed by atoms with Crippen LogP contribution in [-0.4, -0.2) is 44.5 Å². The van der Waals surface area contributed by atoms with Crippen molar-refractivity contribution in [2.24, 2.45) is 0 Å². The molecule has 0 radical (unpaired) electrons. The van der Waals surface area contributed by atoms with Crippen molar-refractivity contribution in [1.29, 1.82) is 0 Å². The van der Waals surface area contributed by atoms with Gasteiger partial charge in [0, 0.05) is 43.9 Å². The molecule has 1 amide bonds. The number of carbonyl (C=O) groups excluding carboxylic acids is 1. The number of halogens is 1. The Labute approximate surface area is 129 Å². The van der Waals surface area contributed by atoms with Gasteiger partial charge in [-0.3, -0.25) is 4.79 Å². The van der Waals surface area contributed by atoms with Crippen molar-refractivity contribution >= 4 is 27.5 Å². The molecule has 0 bridgehead atoms. The number of likely N-dealkylation sites (N-methyl/N-ethyl adjacent to an activating group) is 2. The molecular weight excluding hydrogens is 318 g/mol. The van der Waals surface area contributed by atoms with Gasteiger partial charge in [-0.1, -0.05) is 22.0 Å². The number of hydrogen-bond donors (Lipinski definition) is 1. The maximum Gasteiger partial charge on any atom is 0.241 e. The molecule has 0 saturated heterocycles. The van der Waals surface area contributed by atoms with Crippen LogP contribution >= 0.6 is 15.9 Å². The quantitative estimate of drug-likeness (QED) is 0.863. The van der Waals surface area contributed by atoms with Gasteiger partial charge < -0.3 is 15.1 Å². The first kappa shape index (κ1) is 15.3. The lowest BCUT2D eigenvalue weighted by molar-refractivity contribution is -0.127. The highest BCUT2D eigenvalue weighted by Crippen LogP contribution is 2.26. The minimum atomic E-state index is 0.105. The van der Waals surface area contributed by atoms with Gasteiger partial charge in [0.05, 0.1) is 6.54 Å². The zero-order valence-corrected chi connectivity index (χ0v) is 13.9. The fourth-order valence-electron chi connectivity index (χ4n) is 2.01. The number of benzene rings is 1. The second kappa shape index (κ2) is 6.59. The molecular formula is C15H22BrN3O. The zero-order valence-electron chi connectivity index (χ0n) is 12.3. The van der Waals surface area contributed by atoms with Crippen molar-refractivity contribution in [3.8, 4) is 0 Å². The average Bonchev–Trinajstić information content (AvgIpc) is 3.21. The van der Waals surface area contributed by atoms with Crippen LogP contribution in [0, 0.1) is 0 Å². The number of rotatable bonds is 6. The van der Waals surface area contributed by atoms with Crippen LogP contribution in [0.5, 0.6) is 0 Å². The molecule has 20 heavy (non-hydrogen) atoms. The van der Waals surface area contributed by atoms with Crippen molar-refractivity contribution in [3.05, 3.63) is 28.2 Å². The number of hydrogen-bond acceptors (Lipinski definition) is 3. The molecule has 4 nitrogen and oxygen atoms in total. The summed E-state index contributed by atoms with van der Waals surface area (Å²) in [7, 11) is 5.53. The SMILES string of the molecule is CN(C)C(=O)CN(C)c1cc(Br)ccc1CNC1CC1. The third-order valence-electron chi connectivity index (χ3n) is 3.49. The van der Waals surface area contributed by atoms with Crippen LogP contribution in [-0.2, 0) is 11.3 Å². The smallest absolute Gasteiger partial charge is 0.241 e. The fourth-order valence-corrected chi connectivity index (χ4v) is 2.36. The summed E-state index contributed by atoms with van der Waals surface area (Å²) < 4.78 is 1.03. The second-order valence-electron chi connectivity index (χ2n) is 5.57. The van der Waals surface area contributed by atoms with Crippen molar-refractivity contribution in [2.75, 3.05) is 32.6 Å². The number of carbonyl (C=O) groups is 1. The van der Waals surface area contributed by atoms with Gasteiger partial charge in [0.1, 0.15) is 0 Å². The number of amides is 1. The van der Waals surface area contributed by atoms with E-state index in [1.54, 1.807) is 19.0 Å². The third-order valence-corrected chi connectivity index (χ3v) is 3.98. The van der Waals surface area contributed by atoms with E-state index in [0.717, 1.165) is 16.7 Å². The van der Waals surface area contributed by atoms with Crippen LogP contribution in [0.4, 0.5) is 5.69 Å². The van der Waals surface area contributed by atoms with E-state index >= 15 is 0 Å². The first-order valence-electron chi connectivity index (χ1n) is 6.90. The topological polar surface area (TPSA) is 35.6 Å². The van der Waals surface area contributed by atoms with Crippen molar-refractivity contribution in [3.63, 3.8) is 0 Å². The summed E-state index contributed by atoms with van der Waals surface area (Å²) in [5.74, 6) is 0.105. The molecule has 1 saturated carbocycles. The number of nitrogens with one attached hydrogen (secondary N) is 1. The minimum absolute atomic E-state index is 0.105. The maximum absolute atomic E-state index is 11.9. The molecule has 110 valence electrons. The van der Waals surface area contributed by atoms with E-state index in [0.29, 0.717) is 12.6 Å². The number of anilines is 1. The Morgan fingerprint density at radius 1 is 1.35 bits per heavy atom. The molecule has 2 rings (SSSR count). The van der Waals surface area contributed by atoms with Gasteiger partial charge in [-0.25, -0.2) is 0 Å². The highest BCUT2D eigenvalue weighted by molar-refractivity contribution is 9.10. The average molecular weight is 340 g/mol. The summed E-state index contributed by atoms with van der Waals surface area (Å²) in [5.41, 5.74) is 2.33. The number of nitrogens with zero attached hydrogens (tertiary/aromatic N) is 2. The molecule has 0 aromatic heterocycles. The Hall–Kier alpha value is -1.07. The predicted molar refractivity (Wildman–Crippen MR) is 86.0 cm³/mol. The van der Waals surface area contributed by atoms with Crippen LogP contribution in [0.1, 0.15) is 18.4 Å². The van der Waals surface area contributed by atoms with Crippen LogP contribution in [0.25, 0.3) is 0 Å². The second-order valence-corrected chi connectivity index (χ2v) is 6.49. The zero-order chi connectivity index (χ0) is 14.7. The fraction of sp³-hybridized carbons (Fsp3) is 0.533. The van der Waals surface area contributed by atoms with Gasteiger partial charge in [0.25, 0.3) is 0 Å². The van der Waals surface area contributed by atoms with E-state index in [9.17, 15) is 4.79 Å². The van der Waals surface area contributed by atoms with Gasteiger partial charge in [-0.2, -0.15) is 0 Å². The molecule has 0 aliphatic heterocycles. The predicted octanol–water partition coefficient (Wildman–Crippen LogP) is 2.23. The summed E-state index contributed by atoms with van der Waals surface area (Å²) in [5, 5.41) is 3.53. The molecule has 1 aromatic carbocycles. The van der Waals surface area contributed by atoms with E-state index in [2.05, 4.69) is 39.4 Å². The summed E-state index contributed by atoms with van der Waals surface area (Å²) in [6.07, 6.45) is 2.56. The lowest BCUT2D eigenvalue weighted by atomic mass is 10.1. The summed E-state index contributed by atoms with van der Waals surface area (Å²) in [4.78, 5) is 15.5. The molecule has 0 heterocycles. The summed E-state index contributed by atoms with van der Waals surface area (Å²) in [6, 6.07) is 6.92. The molecule has 1 aromatic rings. The van der Waals surface area contributed by atoms with Gasteiger partial charge in [-0.05, 0) is 30.5 Å². The van der Waals surface area contributed by atoms with Crippen molar-refractivity contribution in [2.45, 2.75) is 25.4 Å². The Morgan fingerprint density at radius 2 is 2.05 bits per heavy atom.